The predicted molar refractivity (Wildman–Crippen MR) is 87.5 cm³/mol. The summed E-state index contributed by atoms with van der Waals surface area (Å²) >= 11 is 0. The van der Waals surface area contributed by atoms with Crippen LogP contribution in [0.3, 0.4) is 0 Å². The van der Waals surface area contributed by atoms with Gasteiger partial charge in [-0.25, -0.2) is 0 Å². The topological polar surface area (TPSA) is 18.5 Å². The minimum Gasteiger partial charge on any atom is -0.356 e. The van der Waals surface area contributed by atoms with Gasteiger partial charge in [0.15, 0.2) is 6.29 Å². The van der Waals surface area contributed by atoms with Gasteiger partial charge in [0.05, 0.1) is 0 Å². The van der Waals surface area contributed by atoms with Crippen LogP contribution in [-0.2, 0) is 9.47 Å². The Kier molecular flexibility index (Phi) is 15.8. The maximum atomic E-state index is 5.17. The maximum absolute atomic E-state index is 5.17. The molecule has 114 valence electrons. The Morgan fingerprint density at radius 3 is 1.79 bits per heavy atom. The Morgan fingerprint density at radius 2 is 1.32 bits per heavy atom. The number of unbranched alkanes of at least 4 members (excludes halogenated alkanes) is 8. The second kappa shape index (κ2) is 15.9. The van der Waals surface area contributed by atoms with Gasteiger partial charge in [-0.05, 0) is 12.8 Å². The van der Waals surface area contributed by atoms with Crippen molar-refractivity contribution in [3.63, 3.8) is 0 Å². The van der Waals surface area contributed by atoms with E-state index >= 15 is 0 Å². The van der Waals surface area contributed by atoms with Crippen molar-refractivity contribution in [1.82, 2.24) is 0 Å². The van der Waals surface area contributed by atoms with Crippen LogP contribution in [0.4, 0.5) is 0 Å². The summed E-state index contributed by atoms with van der Waals surface area (Å²) in [4.78, 5) is 0. The molecule has 0 aliphatic rings. The van der Waals surface area contributed by atoms with Crippen LogP contribution in [0.15, 0.2) is 12.3 Å². The highest BCUT2D eigenvalue weighted by Crippen LogP contribution is 2.12. The Labute approximate surface area is 122 Å². The molecule has 0 spiro atoms. The van der Waals surface area contributed by atoms with Crippen molar-refractivity contribution < 1.29 is 9.47 Å². The highest BCUT2D eigenvalue weighted by Gasteiger charge is 2.03. The Morgan fingerprint density at radius 1 is 0.842 bits per heavy atom. The van der Waals surface area contributed by atoms with E-state index in [1.165, 1.54) is 63.8 Å². The van der Waals surface area contributed by atoms with E-state index in [0.717, 1.165) is 6.42 Å². The predicted octanol–water partition coefficient (Wildman–Crippen LogP) is 4.24. The maximum Gasteiger partial charge on any atom is 0.156 e. The molecule has 0 rings (SSSR count). The van der Waals surface area contributed by atoms with Crippen molar-refractivity contribution in [3.05, 3.63) is 12.3 Å². The minimum absolute atomic E-state index is 0.000819. The second-order valence-electron chi connectivity index (χ2n) is 5.30. The smallest absolute Gasteiger partial charge is 0.156 e. The number of ether oxygens (including phenoxy) is 2. The van der Waals surface area contributed by atoms with E-state index in [-0.39, 0.29) is 15.8 Å². The Hall–Kier alpha value is -0.123. The summed E-state index contributed by atoms with van der Waals surface area (Å²) in [5.41, 5.74) is 2.16. The summed E-state index contributed by atoms with van der Waals surface area (Å²) in [5.74, 6) is 0. The minimum atomic E-state index is -0.000819. The zero-order valence-corrected chi connectivity index (χ0v) is 14.6. The van der Waals surface area contributed by atoms with Gasteiger partial charge < -0.3 is 9.47 Å². The number of methoxy groups -OCH3 is 2. The molecular formula is C16H34O2Si. The lowest BCUT2D eigenvalue weighted by molar-refractivity contribution is -0.107. The highest BCUT2D eigenvalue weighted by molar-refractivity contribution is 6.41. The van der Waals surface area contributed by atoms with Crippen LogP contribution in [0.1, 0.15) is 64.2 Å². The summed E-state index contributed by atoms with van der Waals surface area (Å²) in [7, 11) is 3.53. The molecule has 2 nitrogen and oxygen atoms in total. The standard InChI is InChI=1S/C16H34O2Si/c1-4-19-15-13-11-9-7-5-6-8-10-12-14-16(17-2)18-3/h4,16H,1,5-15,19H2,2-3H3. The fraction of sp³-hybridized carbons (Fsp3) is 0.875. The summed E-state index contributed by atoms with van der Waals surface area (Å²) in [6.45, 7) is 3.81. The molecule has 0 heterocycles. The van der Waals surface area contributed by atoms with E-state index in [9.17, 15) is 0 Å². The molecule has 0 N–H and O–H groups in total. The molecule has 0 bridgehead atoms. The monoisotopic (exact) mass is 286 g/mol. The molecule has 0 aromatic carbocycles. The van der Waals surface area contributed by atoms with Gasteiger partial charge in [-0.2, -0.15) is 0 Å². The van der Waals surface area contributed by atoms with Crippen molar-refractivity contribution in [1.29, 1.82) is 0 Å². The number of hydrogen-bond donors (Lipinski definition) is 0. The summed E-state index contributed by atoms with van der Waals surface area (Å²) < 4.78 is 10.3. The first-order chi connectivity index (χ1) is 9.35. The van der Waals surface area contributed by atoms with E-state index < -0.39 is 0 Å². The molecule has 0 fully saturated rings. The van der Waals surface area contributed by atoms with Gasteiger partial charge in [-0.3, -0.25) is 0 Å². The van der Waals surface area contributed by atoms with Gasteiger partial charge in [0.2, 0.25) is 0 Å². The first kappa shape index (κ1) is 18.9. The zero-order valence-electron chi connectivity index (χ0n) is 13.2. The zero-order chi connectivity index (χ0) is 14.2. The quantitative estimate of drug-likeness (QED) is 0.255. The molecule has 0 radical (unpaired) electrons. The van der Waals surface area contributed by atoms with E-state index in [0.29, 0.717) is 0 Å². The van der Waals surface area contributed by atoms with Gasteiger partial charge in [-0.1, -0.05) is 57.4 Å². The second-order valence-corrected chi connectivity index (χ2v) is 7.16. The number of rotatable bonds is 15. The Bertz CT molecular complexity index is 182. The highest BCUT2D eigenvalue weighted by atomic mass is 28.2. The first-order valence-corrected chi connectivity index (χ1v) is 9.83. The van der Waals surface area contributed by atoms with Crippen LogP contribution in [0, 0.1) is 0 Å². The van der Waals surface area contributed by atoms with E-state index in [4.69, 9.17) is 9.47 Å². The van der Waals surface area contributed by atoms with Gasteiger partial charge in [-0.15, -0.1) is 12.3 Å². The average Bonchev–Trinajstić information content (AvgIpc) is 2.44. The third kappa shape index (κ3) is 14.1. The van der Waals surface area contributed by atoms with Crippen LogP contribution in [0.2, 0.25) is 6.04 Å². The lowest BCUT2D eigenvalue weighted by Crippen LogP contribution is -2.12. The third-order valence-corrected chi connectivity index (χ3v) is 4.94. The van der Waals surface area contributed by atoms with E-state index in [1.54, 1.807) is 14.2 Å². The molecule has 0 aliphatic heterocycles. The van der Waals surface area contributed by atoms with Gasteiger partial charge in [0, 0.05) is 23.7 Å². The molecular weight excluding hydrogens is 252 g/mol. The van der Waals surface area contributed by atoms with Crippen molar-refractivity contribution in [2.24, 2.45) is 0 Å². The van der Waals surface area contributed by atoms with Gasteiger partial charge in [0.25, 0.3) is 0 Å². The van der Waals surface area contributed by atoms with Crippen LogP contribution in [-0.4, -0.2) is 30.0 Å². The van der Waals surface area contributed by atoms with Crippen LogP contribution in [0.5, 0.6) is 0 Å². The largest absolute Gasteiger partial charge is 0.356 e. The first-order valence-electron chi connectivity index (χ1n) is 8.01. The summed E-state index contributed by atoms with van der Waals surface area (Å²) in [5, 5.41) is 0. The van der Waals surface area contributed by atoms with Crippen molar-refractivity contribution in [2.75, 3.05) is 14.2 Å². The molecule has 3 heteroatoms. The lowest BCUT2D eigenvalue weighted by Gasteiger charge is -2.12. The van der Waals surface area contributed by atoms with Crippen molar-refractivity contribution in [3.8, 4) is 0 Å². The fourth-order valence-electron chi connectivity index (χ4n) is 2.35. The molecule has 19 heavy (non-hydrogen) atoms. The van der Waals surface area contributed by atoms with E-state index in [2.05, 4.69) is 12.3 Å². The molecule has 0 saturated heterocycles. The fourth-order valence-corrected chi connectivity index (χ4v) is 3.28. The average molecular weight is 287 g/mol. The van der Waals surface area contributed by atoms with Crippen molar-refractivity contribution >= 4 is 9.52 Å². The van der Waals surface area contributed by atoms with Gasteiger partial charge >= 0.3 is 0 Å². The molecule has 0 aromatic rings. The number of hydrogen-bond acceptors (Lipinski definition) is 2. The molecule has 0 amide bonds. The summed E-state index contributed by atoms with van der Waals surface area (Å²) in [6.07, 6.45) is 13.5. The van der Waals surface area contributed by atoms with Gasteiger partial charge in [0.1, 0.15) is 0 Å². The molecule has 0 aromatic heterocycles. The van der Waals surface area contributed by atoms with Crippen LogP contribution in [0.25, 0.3) is 0 Å². The molecule has 0 atom stereocenters. The van der Waals surface area contributed by atoms with Crippen LogP contribution >= 0.6 is 0 Å². The SMILES string of the molecule is C=C[SiH2]CCCCCCCCCCCC(OC)OC. The molecule has 0 aliphatic carbocycles. The van der Waals surface area contributed by atoms with Crippen molar-refractivity contribution in [2.45, 2.75) is 76.5 Å². The molecule has 0 unspecified atom stereocenters. The van der Waals surface area contributed by atoms with Crippen LogP contribution < -0.4 is 0 Å². The molecule has 0 saturated carbocycles. The Balaban J connectivity index is 3.04. The lowest BCUT2D eigenvalue weighted by atomic mass is 10.1. The normalized spacial score (nSPS) is 11.7. The third-order valence-electron chi connectivity index (χ3n) is 3.62. The summed E-state index contributed by atoms with van der Waals surface area (Å²) in [6, 6.07) is 1.46. The van der Waals surface area contributed by atoms with E-state index in [1.807, 2.05) is 0 Å².